The molecule has 0 amide bonds. The van der Waals surface area contributed by atoms with E-state index in [1.165, 1.54) is 24.3 Å². The minimum absolute atomic E-state index is 0.0107. The van der Waals surface area contributed by atoms with E-state index >= 15 is 0 Å². The molecule has 0 aliphatic carbocycles. The maximum Gasteiger partial charge on any atom is 0.336 e. The molecule has 0 aliphatic rings. The van der Waals surface area contributed by atoms with Crippen molar-refractivity contribution in [1.29, 1.82) is 0 Å². The van der Waals surface area contributed by atoms with Crippen LogP contribution >= 0.6 is 58.0 Å². The lowest BCUT2D eigenvalue weighted by Crippen LogP contribution is -2.00. The van der Waals surface area contributed by atoms with Gasteiger partial charge in [0.05, 0.1) is 25.7 Å². The summed E-state index contributed by atoms with van der Waals surface area (Å²) in [6.07, 6.45) is 0. The van der Waals surface area contributed by atoms with Gasteiger partial charge in [-0.25, -0.2) is 4.79 Å². The lowest BCUT2D eigenvalue weighted by Gasteiger charge is -2.13. The molecule has 0 spiro atoms. The zero-order valence-corrected chi connectivity index (χ0v) is 13.3. The number of hydrogen-bond donors (Lipinski definition) is 1. The van der Waals surface area contributed by atoms with Gasteiger partial charge < -0.3 is 5.11 Å². The SMILES string of the molecule is O=C(O)c1ccc(Cl)cc1-c1c(Cl)cc(Cl)c(Cl)c1Cl. The van der Waals surface area contributed by atoms with Gasteiger partial charge in [0.25, 0.3) is 0 Å². The normalized spacial score (nSPS) is 10.7. The Hall–Kier alpha value is -0.640. The van der Waals surface area contributed by atoms with Crippen molar-refractivity contribution >= 4 is 64.0 Å². The molecule has 2 nitrogen and oxygen atoms in total. The molecule has 0 heterocycles. The van der Waals surface area contributed by atoms with E-state index in [2.05, 4.69) is 0 Å². The summed E-state index contributed by atoms with van der Waals surface area (Å²) < 4.78 is 0. The molecule has 20 heavy (non-hydrogen) atoms. The molecule has 2 aromatic rings. The summed E-state index contributed by atoms with van der Waals surface area (Å²) in [6, 6.07) is 5.70. The van der Waals surface area contributed by atoms with E-state index in [1.54, 1.807) is 0 Å². The Balaban J connectivity index is 2.84. The lowest BCUT2D eigenvalue weighted by molar-refractivity contribution is 0.0698. The van der Waals surface area contributed by atoms with Gasteiger partial charge >= 0.3 is 5.97 Å². The quantitative estimate of drug-likeness (QED) is 0.496. The number of carbonyl (C=O) groups is 1. The molecule has 0 aromatic heterocycles. The van der Waals surface area contributed by atoms with Crippen molar-refractivity contribution in [1.82, 2.24) is 0 Å². The number of benzene rings is 2. The van der Waals surface area contributed by atoms with Crippen LogP contribution in [-0.4, -0.2) is 11.1 Å². The van der Waals surface area contributed by atoms with Crippen LogP contribution in [0.15, 0.2) is 24.3 Å². The molecule has 0 saturated heterocycles. The summed E-state index contributed by atoms with van der Waals surface area (Å²) in [7, 11) is 0. The van der Waals surface area contributed by atoms with Crippen LogP contribution in [0.1, 0.15) is 10.4 Å². The molecule has 0 radical (unpaired) electrons. The molecule has 2 rings (SSSR count). The van der Waals surface area contributed by atoms with Crippen LogP contribution in [-0.2, 0) is 0 Å². The first-order valence-electron chi connectivity index (χ1n) is 5.19. The molecule has 0 atom stereocenters. The standard InChI is InChI=1S/C13H5Cl5O2/c14-5-1-2-6(13(19)20)7(3-5)10-8(15)4-9(16)11(17)12(10)18/h1-4H,(H,19,20). The summed E-state index contributed by atoms with van der Waals surface area (Å²) in [5, 5.41) is 10.1. The van der Waals surface area contributed by atoms with E-state index in [0.717, 1.165) is 0 Å². The molecule has 2 aromatic carbocycles. The predicted molar refractivity (Wildman–Crippen MR) is 83.9 cm³/mol. The summed E-state index contributed by atoms with van der Waals surface area (Å²) in [4.78, 5) is 11.3. The number of carboxylic acid groups (broad SMARTS) is 1. The van der Waals surface area contributed by atoms with E-state index in [0.29, 0.717) is 5.02 Å². The van der Waals surface area contributed by atoms with Gasteiger partial charge in [0.15, 0.2) is 0 Å². The van der Waals surface area contributed by atoms with Gasteiger partial charge in [-0.15, -0.1) is 0 Å². The maximum atomic E-state index is 11.3. The second kappa shape index (κ2) is 6.00. The number of aromatic carboxylic acids is 1. The zero-order chi connectivity index (χ0) is 15.0. The highest BCUT2D eigenvalue weighted by molar-refractivity contribution is 6.51. The Morgan fingerprint density at radius 2 is 1.55 bits per heavy atom. The van der Waals surface area contributed by atoms with Crippen LogP contribution in [0.5, 0.6) is 0 Å². The smallest absolute Gasteiger partial charge is 0.336 e. The maximum absolute atomic E-state index is 11.3. The van der Waals surface area contributed by atoms with Gasteiger partial charge in [-0.05, 0) is 24.3 Å². The van der Waals surface area contributed by atoms with Crippen molar-refractivity contribution < 1.29 is 9.90 Å². The molecule has 0 fully saturated rings. The summed E-state index contributed by atoms with van der Waals surface area (Å²) in [5.74, 6) is -1.13. The van der Waals surface area contributed by atoms with Gasteiger partial charge in [-0.1, -0.05) is 58.0 Å². The van der Waals surface area contributed by atoms with Gasteiger partial charge in [0.2, 0.25) is 0 Å². The van der Waals surface area contributed by atoms with Crippen molar-refractivity contribution in [3.05, 3.63) is 54.9 Å². The fourth-order valence-corrected chi connectivity index (χ4v) is 3.01. The Labute approximate surface area is 139 Å². The van der Waals surface area contributed by atoms with Crippen molar-refractivity contribution in [2.24, 2.45) is 0 Å². The summed E-state index contributed by atoms with van der Waals surface area (Å²) in [5.41, 5.74) is 0.567. The lowest BCUT2D eigenvalue weighted by atomic mass is 9.99. The average molecular weight is 370 g/mol. The molecule has 7 heteroatoms. The van der Waals surface area contributed by atoms with Crippen molar-refractivity contribution in [2.45, 2.75) is 0 Å². The Kier molecular flexibility index (Phi) is 4.73. The van der Waals surface area contributed by atoms with Crippen LogP contribution in [0, 0.1) is 0 Å². The average Bonchev–Trinajstić information content (AvgIpc) is 2.36. The highest BCUT2D eigenvalue weighted by Crippen LogP contribution is 2.44. The van der Waals surface area contributed by atoms with Crippen LogP contribution in [0.2, 0.25) is 25.1 Å². The molecule has 0 aliphatic heterocycles. The van der Waals surface area contributed by atoms with E-state index < -0.39 is 5.97 Å². The fraction of sp³-hybridized carbons (Fsp3) is 0. The summed E-state index contributed by atoms with van der Waals surface area (Å²) >= 11 is 30.0. The van der Waals surface area contributed by atoms with Crippen LogP contribution in [0.25, 0.3) is 11.1 Å². The van der Waals surface area contributed by atoms with E-state index in [1.807, 2.05) is 0 Å². The minimum Gasteiger partial charge on any atom is -0.478 e. The number of rotatable bonds is 2. The molecule has 0 bridgehead atoms. The number of halogens is 5. The number of carboxylic acids is 1. The highest BCUT2D eigenvalue weighted by atomic mass is 35.5. The largest absolute Gasteiger partial charge is 0.478 e. The monoisotopic (exact) mass is 368 g/mol. The van der Waals surface area contributed by atoms with Gasteiger partial charge in [-0.2, -0.15) is 0 Å². The first kappa shape index (κ1) is 15.7. The molecular formula is C13H5Cl5O2. The molecule has 104 valence electrons. The van der Waals surface area contributed by atoms with Crippen LogP contribution in [0.3, 0.4) is 0 Å². The third-order valence-corrected chi connectivity index (χ3v) is 4.39. The Bertz CT molecular complexity index is 712. The van der Waals surface area contributed by atoms with Crippen LogP contribution < -0.4 is 0 Å². The Morgan fingerprint density at radius 1 is 0.900 bits per heavy atom. The van der Waals surface area contributed by atoms with Crippen LogP contribution in [0.4, 0.5) is 0 Å². The number of hydrogen-bond acceptors (Lipinski definition) is 1. The first-order valence-corrected chi connectivity index (χ1v) is 7.08. The third-order valence-electron chi connectivity index (χ3n) is 2.60. The second-order valence-corrected chi connectivity index (χ2v) is 5.85. The summed E-state index contributed by atoms with van der Waals surface area (Å²) in [6.45, 7) is 0. The Morgan fingerprint density at radius 3 is 2.15 bits per heavy atom. The van der Waals surface area contributed by atoms with Crippen molar-refractivity contribution in [2.75, 3.05) is 0 Å². The molecule has 1 N–H and O–H groups in total. The fourth-order valence-electron chi connectivity index (χ4n) is 1.72. The molecule has 0 saturated carbocycles. The topological polar surface area (TPSA) is 37.3 Å². The second-order valence-electron chi connectivity index (χ2n) is 3.84. The zero-order valence-electron chi connectivity index (χ0n) is 9.55. The van der Waals surface area contributed by atoms with Crippen molar-refractivity contribution in [3.63, 3.8) is 0 Å². The van der Waals surface area contributed by atoms with E-state index in [-0.39, 0.29) is 36.8 Å². The molecular weight excluding hydrogens is 365 g/mol. The van der Waals surface area contributed by atoms with Crippen molar-refractivity contribution in [3.8, 4) is 11.1 Å². The van der Waals surface area contributed by atoms with Gasteiger partial charge in [-0.3, -0.25) is 0 Å². The highest BCUT2D eigenvalue weighted by Gasteiger charge is 2.20. The van der Waals surface area contributed by atoms with Gasteiger partial charge in [0.1, 0.15) is 0 Å². The minimum atomic E-state index is -1.13. The van der Waals surface area contributed by atoms with E-state index in [9.17, 15) is 9.90 Å². The first-order chi connectivity index (χ1) is 9.32. The third kappa shape index (κ3) is 2.85. The molecule has 0 unspecified atom stereocenters. The van der Waals surface area contributed by atoms with Gasteiger partial charge in [0, 0.05) is 16.1 Å². The predicted octanol–water partition coefficient (Wildman–Crippen LogP) is 6.32. The van der Waals surface area contributed by atoms with E-state index in [4.69, 9.17) is 58.0 Å².